The summed E-state index contributed by atoms with van der Waals surface area (Å²) in [6.07, 6.45) is -0.272. The highest BCUT2D eigenvalue weighted by Crippen LogP contribution is 2.18. The second kappa shape index (κ2) is 1.70. The molecule has 0 aromatic heterocycles. The van der Waals surface area contributed by atoms with Crippen molar-refractivity contribution < 1.29 is 9.90 Å². The highest BCUT2D eigenvalue weighted by atomic mass is 16.3. The first-order valence-corrected chi connectivity index (χ1v) is 3.01. The largest absolute Gasteiger partial charge is 0.383 e. The van der Waals surface area contributed by atoms with Crippen LogP contribution in [0.1, 0.15) is 20.3 Å². The molecule has 1 amide bonds. The number of aliphatic hydroxyl groups is 1. The Balaban J connectivity index is 2.65. The van der Waals surface area contributed by atoms with Crippen LogP contribution < -0.4 is 5.32 Å². The highest BCUT2D eigenvalue weighted by molar-refractivity contribution is 5.83. The van der Waals surface area contributed by atoms with Crippen molar-refractivity contribution in [2.45, 2.75) is 31.9 Å². The van der Waals surface area contributed by atoms with Crippen LogP contribution in [0.5, 0.6) is 0 Å². The Morgan fingerprint density at radius 2 is 2.33 bits per heavy atom. The van der Waals surface area contributed by atoms with Gasteiger partial charge in [-0.25, -0.2) is 0 Å². The molecular formula is C6H11NO2. The third-order valence-corrected chi connectivity index (χ3v) is 1.47. The van der Waals surface area contributed by atoms with Crippen molar-refractivity contribution >= 4 is 5.91 Å². The molecule has 3 heteroatoms. The minimum atomic E-state index is -0.792. The lowest BCUT2D eigenvalue weighted by Crippen LogP contribution is -2.34. The molecule has 1 rings (SSSR count). The number of hydrogen-bond acceptors (Lipinski definition) is 2. The van der Waals surface area contributed by atoms with Crippen molar-refractivity contribution in [1.29, 1.82) is 0 Å². The molecule has 0 radical (unpaired) electrons. The van der Waals surface area contributed by atoms with E-state index in [1.165, 1.54) is 0 Å². The number of nitrogens with one attached hydrogen (secondary N) is 1. The summed E-state index contributed by atoms with van der Waals surface area (Å²) in [7, 11) is 0. The Kier molecular flexibility index (Phi) is 1.24. The Morgan fingerprint density at radius 3 is 2.44 bits per heavy atom. The Bertz CT molecular complexity index is 142. The first kappa shape index (κ1) is 6.55. The summed E-state index contributed by atoms with van der Waals surface area (Å²) < 4.78 is 0. The highest BCUT2D eigenvalue weighted by Gasteiger charge is 2.35. The third kappa shape index (κ3) is 1.21. The third-order valence-electron chi connectivity index (χ3n) is 1.47. The molecule has 0 bridgehead atoms. The van der Waals surface area contributed by atoms with E-state index in [2.05, 4.69) is 5.32 Å². The van der Waals surface area contributed by atoms with E-state index >= 15 is 0 Å². The maximum absolute atomic E-state index is 10.6. The van der Waals surface area contributed by atoms with Gasteiger partial charge in [0.2, 0.25) is 5.91 Å². The molecule has 0 aromatic carbocycles. The fourth-order valence-corrected chi connectivity index (χ4v) is 1.04. The van der Waals surface area contributed by atoms with Crippen molar-refractivity contribution in [1.82, 2.24) is 5.32 Å². The minimum Gasteiger partial charge on any atom is -0.383 e. The number of rotatable bonds is 0. The van der Waals surface area contributed by atoms with Gasteiger partial charge in [-0.15, -0.1) is 0 Å². The molecule has 1 unspecified atom stereocenters. The van der Waals surface area contributed by atoms with Gasteiger partial charge in [0.1, 0.15) is 6.10 Å². The first-order valence-electron chi connectivity index (χ1n) is 3.01. The van der Waals surface area contributed by atoms with Gasteiger partial charge in [-0.1, -0.05) is 0 Å². The summed E-state index contributed by atoms with van der Waals surface area (Å²) in [4.78, 5) is 10.6. The van der Waals surface area contributed by atoms with E-state index in [0.717, 1.165) is 0 Å². The van der Waals surface area contributed by atoms with Crippen molar-refractivity contribution in [3.63, 3.8) is 0 Å². The van der Waals surface area contributed by atoms with Crippen LogP contribution in [0.4, 0.5) is 0 Å². The van der Waals surface area contributed by atoms with E-state index in [1.807, 2.05) is 13.8 Å². The van der Waals surface area contributed by atoms with Gasteiger partial charge < -0.3 is 10.4 Å². The smallest absolute Gasteiger partial charge is 0.249 e. The van der Waals surface area contributed by atoms with E-state index in [-0.39, 0.29) is 11.4 Å². The lowest BCUT2D eigenvalue weighted by Gasteiger charge is -2.15. The fraction of sp³-hybridized carbons (Fsp3) is 0.833. The van der Waals surface area contributed by atoms with Gasteiger partial charge in [0.25, 0.3) is 0 Å². The second-order valence-electron chi connectivity index (χ2n) is 3.09. The van der Waals surface area contributed by atoms with Crippen molar-refractivity contribution in [2.24, 2.45) is 0 Å². The summed E-state index contributed by atoms with van der Waals surface area (Å²) in [5.74, 6) is -0.250. The number of aliphatic hydroxyl groups excluding tert-OH is 1. The molecule has 0 spiro atoms. The summed E-state index contributed by atoms with van der Waals surface area (Å²) >= 11 is 0. The predicted octanol–water partition coefficient (Wildman–Crippen LogP) is -0.354. The van der Waals surface area contributed by atoms with E-state index in [4.69, 9.17) is 5.11 Å². The zero-order valence-corrected chi connectivity index (χ0v) is 5.64. The molecule has 1 heterocycles. The maximum atomic E-state index is 10.6. The fourth-order valence-electron chi connectivity index (χ4n) is 1.04. The summed E-state index contributed by atoms with van der Waals surface area (Å²) in [5.41, 5.74) is -0.212. The zero-order chi connectivity index (χ0) is 7.07. The second-order valence-corrected chi connectivity index (χ2v) is 3.09. The lowest BCUT2D eigenvalue weighted by atomic mass is 10.0. The molecule has 0 aliphatic carbocycles. The molecule has 1 fully saturated rings. The van der Waals surface area contributed by atoms with Gasteiger partial charge in [0.15, 0.2) is 0 Å². The van der Waals surface area contributed by atoms with E-state index in [0.29, 0.717) is 6.42 Å². The molecule has 1 atom stereocenters. The molecule has 1 aliphatic heterocycles. The maximum Gasteiger partial charge on any atom is 0.249 e. The van der Waals surface area contributed by atoms with Crippen LogP contribution in [0.3, 0.4) is 0 Å². The molecule has 0 aromatic rings. The van der Waals surface area contributed by atoms with Gasteiger partial charge in [0, 0.05) is 12.0 Å². The van der Waals surface area contributed by atoms with Crippen molar-refractivity contribution in [3.8, 4) is 0 Å². The summed E-state index contributed by atoms with van der Waals surface area (Å²) in [6.45, 7) is 3.78. The number of carbonyl (C=O) groups is 1. The topological polar surface area (TPSA) is 49.3 Å². The van der Waals surface area contributed by atoms with E-state index < -0.39 is 6.10 Å². The monoisotopic (exact) mass is 129 g/mol. The Labute approximate surface area is 54.1 Å². The quantitative estimate of drug-likeness (QED) is 0.469. The number of amides is 1. The molecule has 0 saturated carbocycles. The minimum absolute atomic E-state index is 0.212. The number of hydrogen-bond donors (Lipinski definition) is 2. The van der Waals surface area contributed by atoms with Gasteiger partial charge in [-0.3, -0.25) is 4.79 Å². The van der Waals surface area contributed by atoms with Gasteiger partial charge in [0.05, 0.1) is 0 Å². The average molecular weight is 129 g/mol. The van der Waals surface area contributed by atoms with Crippen molar-refractivity contribution in [3.05, 3.63) is 0 Å². The molecule has 1 aliphatic rings. The van der Waals surface area contributed by atoms with E-state index in [9.17, 15) is 4.79 Å². The van der Waals surface area contributed by atoms with Gasteiger partial charge >= 0.3 is 0 Å². The molecule has 3 nitrogen and oxygen atoms in total. The van der Waals surface area contributed by atoms with Crippen molar-refractivity contribution in [2.75, 3.05) is 0 Å². The zero-order valence-electron chi connectivity index (χ0n) is 5.64. The van der Waals surface area contributed by atoms with Crippen LogP contribution in [0.15, 0.2) is 0 Å². The lowest BCUT2D eigenvalue weighted by molar-refractivity contribution is -0.126. The van der Waals surface area contributed by atoms with Crippen LogP contribution in [0.2, 0.25) is 0 Å². The Hall–Kier alpha value is -0.570. The van der Waals surface area contributed by atoms with Gasteiger partial charge in [-0.2, -0.15) is 0 Å². The molecule has 2 N–H and O–H groups in total. The summed E-state index contributed by atoms with van der Waals surface area (Å²) in [5, 5.41) is 11.6. The molecule has 52 valence electrons. The van der Waals surface area contributed by atoms with Crippen LogP contribution in [-0.2, 0) is 4.79 Å². The average Bonchev–Trinajstić information content (AvgIpc) is 1.79. The summed E-state index contributed by atoms with van der Waals surface area (Å²) in [6, 6.07) is 0. The van der Waals surface area contributed by atoms with Crippen LogP contribution in [0, 0.1) is 0 Å². The molecule has 1 saturated heterocycles. The van der Waals surface area contributed by atoms with E-state index in [1.54, 1.807) is 0 Å². The van der Waals surface area contributed by atoms with Crippen LogP contribution >= 0.6 is 0 Å². The van der Waals surface area contributed by atoms with Crippen LogP contribution in [-0.4, -0.2) is 22.7 Å². The van der Waals surface area contributed by atoms with Gasteiger partial charge in [-0.05, 0) is 13.8 Å². The predicted molar refractivity (Wildman–Crippen MR) is 32.8 cm³/mol. The molecular weight excluding hydrogens is 118 g/mol. The molecule has 9 heavy (non-hydrogen) atoms. The van der Waals surface area contributed by atoms with Crippen LogP contribution in [0.25, 0.3) is 0 Å². The standard InChI is InChI=1S/C6H11NO2/c1-6(2)3-4(8)5(9)7-6/h4,8H,3H2,1-2H3,(H,7,9). The SMILES string of the molecule is CC1(C)CC(O)C(=O)N1. The Morgan fingerprint density at radius 1 is 1.78 bits per heavy atom. The normalized spacial score (nSPS) is 32.3. The number of carbonyl (C=O) groups excluding carboxylic acids is 1. The first-order chi connectivity index (χ1) is 4.01.